The Labute approximate surface area is 107 Å². The first-order valence-electron chi connectivity index (χ1n) is 6.25. The molecule has 1 aliphatic heterocycles. The second-order valence-corrected chi connectivity index (χ2v) is 4.98. The molecule has 98 valence electrons. The molecule has 18 heavy (non-hydrogen) atoms. The minimum Gasteiger partial charge on any atom is -0.480 e. The quantitative estimate of drug-likeness (QED) is 0.844. The molecule has 1 amide bonds. The van der Waals surface area contributed by atoms with Crippen LogP contribution in [-0.2, 0) is 11.2 Å². The number of aliphatic hydroxyl groups is 1. The Hall–Kier alpha value is -1.55. The van der Waals surface area contributed by atoms with Crippen molar-refractivity contribution in [2.75, 3.05) is 6.61 Å². The monoisotopic (exact) mass is 249 g/mol. The summed E-state index contributed by atoms with van der Waals surface area (Å²) < 4.78 is 5.61. The second kappa shape index (κ2) is 4.98. The maximum absolute atomic E-state index is 12.1. The fourth-order valence-electron chi connectivity index (χ4n) is 1.95. The highest BCUT2D eigenvalue weighted by molar-refractivity contribution is 5.83. The Morgan fingerprint density at radius 3 is 2.89 bits per heavy atom. The van der Waals surface area contributed by atoms with E-state index in [0.29, 0.717) is 12.8 Å². The number of amides is 1. The lowest BCUT2D eigenvalue weighted by molar-refractivity contribution is -0.129. The fraction of sp³-hybridized carbons (Fsp3) is 0.500. The average molecular weight is 249 g/mol. The van der Waals surface area contributed by atoms with Crippen LogP contribution in [0.15, 0.2) is 24.3 Å². The van der Waals surface area contributed by atoms with Gasteiger partial charge in [0.1, 0.15) is 5.75 Å². The molecule has 0 saturated heterocycles. The first-order chi connectivity index (χ1) is 8.58. The van der Waals surface area contributed by atoms with Gasteiger partial charge in [0, 0.05) is 6.42 Å². The SMILES string of the molecule is CCC(C)(CO)NC(=O)C1Cc2ccccc2O1. The number of hydrogen-bond donors (Lipinski definition) is 2. The molecule has 0 aromatic heterocycles. The topological polar surface area (TPSA) is 58.6 Å². The van der Waals surface area contributed by atoms with Gasteiger partial charge < -0.3 is 15.2 Å². The Bertz CT molecular complexity index is 415. The van der Waals surface area contributed by atoms with Crippen molar-refractivity contribution in [3.63, 3.8) is 0 Å². The first kappa shape index (κ1) is 12.9. The Morgan fingerprint density at radius 2 is 2.28 bits per heavy atom. The molecule has 4 nitrogen and oxygen atoms in total. The van der Waals surface area contributed by atoms with Gasteiger partial charge in [-0.1, -0.05) is 25.1 Å². The van der Waals surface area contributed by atoms with Crippen LogP contribution in [0.1, 0.15) is 25.8 Å². The predicted molar refractivity (Wildman–Crippen MR) is 68.5 cm³/mol. The summed E-state index contributed by atoms with van der Waals surface area (Å²) in [6.45, 7) is 3.68. The normalized spacial score (nSPS) is 20.7. The zero-order valence-corrected chi connectivity index (χ0v) is 10.8. The van der Waals surface area contributed by atoms with Crippen LogP contribution in [0, 0.1) is 0 Å². The van der Waals surface area contributed by atoms with E-state index >= 15 is 0 Å². The lowest BCUT2D eigenvalue weighted by Crippen LogP contribution is -2.52. The van der Waals surface area contributed by atoms with Gasteiger partial charge in [-0.3, -0.25) is 4.79 Å². The van der Waals surface area contributed by atoms with Crippen LogP contribution in [0.25, 0.3) is 0 Å². The Balaban J connectivity index is 2.01. The van der Waals surface area contributed by atoms with Crippen molar-refractivity contribution < 1.29 is 14.6 Å². The van der Waals surface area contributed by atoms with E-state index in [1.165, 1.54) is 0 Å². The van der Waals surface area contributed by atoms with E-state index in [4.69, 9.17) is 4.74 Å². The highest BCUT2D eigenvalue weighted by Gasteiger charge is 2.32. The van der Waals surface area contributed by atoms with Crippen LogP contribution in [-0.4, -0.2) is 29.3 Å². The fourth-order valence-corrected chi connectivity index (χ4v) is 1.95. The first-order valence-corrected chi connectivity index (χ1v) is 6.25. The number of carbonyl (C=O) groups excluding carboxylic acids is 1. The van der Waals surface area contributed by atoms with Gasteiger partial charge >= 0.3 is 0 Å². The minimum atomic E-state index is -0.574. The predicted octanol–water partition coefficient (Wildman–Crippen LogP) is 1.27. The smallest absolute Gasteiger partial charge is 0.261 e. The molecule has 1 aromatic rings. The van der Waals surface area contributed by atoms with Crippen molar-refractivity contribution in [1.29, 1.82) is 0 Å². The van der Waals surface area contributed by atoms with E-state index in [1.54, 1.807) is 0 Å². The summed E-state index contributed by atoms with van der Waals surface area (Å²) in [5, 5.41) is 12.2. The molecule has 2 N–H and O–H groups in total. The van der Waals surface area contributed by atoms with Gasteiger partial charge in [-0.25, -0.2) is 0 Å². The highest BCUT2D eigenvalue weighted by atomic mass is 16.5. The molecule has 2 atom stereocenters. The van der Waals surface area contributed by atoms with Gasteiger partial charge in [0.25, 0.3) is 5.91 Å². The Kier molecular flexibility index (Phi) is 3.57. The third kappa shape index (κ3) is 2.48. The van der Waals surface area contributed by atoms with Gasteiger partial charge in [0.05, 0.1) is 12.1 Å². The summed E-state index contributed by atoms with van der Waals surface area (Å²) in [5.41, 5.74) is 0.481. The average Bonchev–Trinajstić information content (AvgIpc) is 2.82. The molecule has 0 fully saturated rings. The number of para-hydroxylation sites is 1. The maximum Gasteiger partial charge on any atom is 0.261 e. The molecule has 0 spiro atoms. The third-order valence-corrected chi connectivity index (χ3v) is 3.49. The third-order valence-electron chi connectivity index (χ3n) is 3.49. The number of carbonyl (C=O) groups is 1. The number of benzene rings is 1. The lowest BCUT2D eigenvalue weighted by atomic mass is 9.99. The molecular formula is C14H19NO3. The molecule has 1 aromatic carbocycles. The molecule has 0 saturated carbocycles. The van der Waals surface area contributed by atoms with Crippen molar-refractivity contribution in [3.05, 3.63) is 29.8 Å². The van der Waals surface area contributed by atoms with Gasteiger partial charge in [-0.05, 0) is 25.0 Å². The zero-order valence-electron chi connectivity index (χ0n) is 10.8. The summed E-state index contributed by atoms with van der Waals surface area (Å²) in [4.78, 5) is 12.1. The molecule has 0 radical (unpaired) electrons. The summed E-state index contributed by atoms with van der Waals surface area (Å²) in [6.07, 6.45) is 0.780. The number of fused-ring (bicyclic) bond motifs is 1. The molecule has 1 heterocycles. The van der Waals surface area contributed by atoms with Crippen LogP contribution < -0.4 is 10.1 Å². The van der Waals surface area contributed by atoms with E-state index in [-0.39, 0.29) is 12.5 Å². The second-order valence-electron chi connectivity index (χ2n) is 4.98. The maximum atomic E-state index is 12.1. The van der Waals surface area contributed by atoms with Crippen LogP contribution >= 0.6 is 0 Å². The summed E-state index contributed by atoms with van der Waals surface area (Å²) in [6, 6.07) is 7.66. The highest BCUT2D eigenvalue weighted by Crippen LogP contribution is 2.28. The summed E-state index contributed by atoms with van der Waals surface area (Å²) in [5.74, 6) is 0.615. The van der Waals surface area contributed by atoms with Crippen molar-refractivity contribution in [3.8, 4) is 5.75 Å². The molecule has 0 bridgehead atoms. The van der Waals surface area contributed by atoms with Gasteiger partial charge in [0.2, 0.25) is 0 Å². The van der Waals surface area contributed by atoms with Crippen molar-refractivity contribution in [2.24, 2.45) is 0 Å². The van der Waals surface area contributed by atoms with E-state index < -0.39 is 11.6 Å². The van der Waals surface area contributed by atoms with E-state index in [0.717, 1.165) is 11.3 Å². The molecule has 0 aliphatic carbocycles. The van der Waals surface area contributed by atoms with Crippen molar-refractivity contribution >= 4 is 5.91 Å². The largest absolute Gasteiger partial charge is 0.480 e. The van der Waals surface area contributed by atoms with Crippen molar-refractivity contribution in [1.82, 2.24) is 5.32 Å². The minimum absolute atomic E-state index is 0.0745. The number of rotatable bonds is 4. The Morgan fingerprint density at radius 1 is 1.56 bits per heavy atom. The number of ether oxygens (including phenoxy) is 1. The van der Waals surface area contributed by atoms with Crippen LogP contribution in [0.3, 0.4) is 0 Å². The number of nitrogens with one attached hydrogen (secondary N) is 1. The molecule has 2 unspecified atom stereocenters. The van der Waals surface area contributed by atoms with E-state index in [2.05, 4.69) is 5.32 Å². The van der Waals surface area contributed by atoms with E-state index in [1.807, 2.05) is 38.1 Å². The van der Waals surface area contributed by atoms with Crippen LogP contribution in [0.2, 0.25) is 0 Å². The standard InChI is InChI=1S/C14H19NO3/c1-3-14(2,9-16)15-13(17)12-8-10-6-4-5-7-11(10)18-12/h4-7,12,16H,3,8-9H2,1-2H3,(H,15,17). The van der Waals surface area contributed by atoms with Crippen LogP contribution in [0.4, 0.5) is 0 Å². The van der Waals surface area contributed by atoms with E-state index in [9.17, 15) is 9.90 Å². The summed E-state index contributed by atoms with van der Waals surface area (Å²) >= 11 is 0. The molecular weight excluding hydrogens is 230 g/mol. The van der Waals surface area contributed by atoms with Gasteiger partial charge in [-0.15, -0.1) is 0 Å². The summed E-state index contributed by atoms with van der Waals surface area (Å²) in [7, 11) is 0. The zero-order chi connectivity index (χ0) is 13.2. The van der Waals surface area contributed by atoms with Gasteiger partial charge in [-0.2, -0.15) is 0 Å². The molecule has 4 heteroatoms. The molecule has 2 rings (SSSR count). The lowest BCUT2D eigenvalue weighted by Gasteiger charge is -2.28. The van der Waals surface area contributed by atoms with Gasteiger partial charge in [0.15, 0.2) is 6.10 Å². The van der Waals surface area contributed by atoms with Crippen LogP contribution in [0.5, 0.6) is 5.75 Å². The number of aliphatic hydroxyl groups excluding tert-OH is 1. The van der Waals surface area contributed by atoms with Crippen molar-refractivity contribution in [2.45, 2.75) is 38.3 Å². The number of hydrogen-bond acceptors (Lipinski definition) is 3. The molecule has 1 aliphatic rings.